The Morgan fingerprint density at radius 1 is 1.03 bits per heavy atom. The quantitative estimate of drug-likeness (QED) is 0.236. The van der Waals surface area contributed by atoms with Crippen LogP contribution in [0.2, 0.25) is 0 Å². The van der Waals surface area contributed by atoms with Crippen LogP contribution in [0.3, 0.4) is 0 Å². The number of ketones is 1. The van der Waals surface area contributed by atoms with Gasteiger partial charge in [0.1, 0.15) is 23.3 Å². The Bertz CT molecular complexity index is 1320. The summed E-state index contributed by atoms with van der Waals surface area (Å²) < 4.78 is 15.8. The van der Waals surface area contributed by atoms with Gasteiger partial charge >= 0.3 is 5.97 Å². The van der Waals surface area contributed by atoms with Gasteiger partial charge in [-0.25, -0.2) is 4.79 Å². The zero-order chi connectivity index (χ0) is 25.3. The first-order valence-electron chi connectivity index (χ1n) is 11.0. The molecule has 8 nitrogen and oxygen atoms in total. The van der Waals surface area contributed by atoms with E-state index in [2.05, 4.69) is 0 Å². The zero-order valence-electron chi connectivity index (χ0n) is 19.8. The number of aliphatic hydroxyl groups excluding tert-OH is 1. The van der Waals surface area contributed by atoms with Crippen molar-refractivity contribution in [2.75, 3.05) is 19.1 Å². The number of carbonyl (C=O) groups excluding carboxylic acids is 3. The number of esters is 1. The van der Waals surface area contributed by atoms with Crippen molar-refractivity contribution in [3.8, 4) is 5.75 Å². The summed E-state index contributed by atoms with van der Waals surface area (Å²) in [7, 11) is 2.82. The minimum absolute atomic E-state index is 0.0852. The molecule has 0 saturated carbocycles. The van der Waals surface area contributed by atoms with Gasteiger partial charge in [0.2, 0.25) is 0 Å². The van der Waals surface area contributed by atoms with Gasteiger partial charge in [-0.1, -0.05) is 19.9 Å². The Kier molecular flexibility index (Phi) is 6.46. The van der Waals surface area contributed by atoms with E-state index >= 15 is 0 Å². The molecule has 1 aliphatic rings. The van der Waals surface area contributed by atoms with Crippen LogP contribution in [0.15, 0.2) is 70.9 Å². The minimum Gasteiger partial charge on any atom is -0.507 e. The van der Waals surface area contributed by atoms with Gasteiger partial charge in [-0.05, 0) is 60.0 Å². The maximum atomic E-state index is 13.3. The molecule has 1 amide bonds. The summed E-state index contributed by atoms with van der Waals surface area (Å²) in [6.07, 6.45) is 1.42. The number of methoxy groups -OCH3 is 2. The molecule has 35 heavy (non-hydrogen) atoms. The number of furan rings is 1. The Balaban J connectivity index is 1.91. The topological polar surface area (TPSA) is 106 Å². The van der Waals surface area contributed by atoms with Crippen molar-refractivity contribution < 1.29 is 33.4 Å². The lowest BCUT2D eigenvalue weighted by Gasteiger charge is -2.23. The summed E-state index contributed by atoms with van der Waals surface area (Å²) in [6, 6.07) is 13.5. The Morgan fingerprint density at radius 3 is 2.43 bits per heavy atom. The van der Waals surface area contributed by atoms with Crippen molar-refractivity contribution in [3.63, 3.8) is 0 Å². The van der Waals surface area contributed by atoms with Crippen LogP contribution in [0.5, 0.6) is 5.75 Å². The van der Waals surface area contributed by atoms with E-state index in [9.17, 15) is 19.5 Å². The molecular weight excluding hydrogens is 450 g/mol. The molecule has 1 aliphatic heterocycles. The van der Waals surface area contributed by atoms with E-state index in [-0.39, 0.29) is 34.3 Å². The van der Waals surface area contributed by atoms with E-state index in [0.717, 1.165) is 5.56 Å². The maximum absolute atomic E-state index is 13.3. The predicted octanol–water partition coefficient (Wildman–Crippen LogP) is 4.82. The zero-order valence-corrected chi connectivity index (χ0v) is 19.8. The number of hydrogen-bond acceptors (Lipinski definition) is 7. The first kappa shape index (κ1) is 23.8. The van der Waals surface area contributed by atoms with Gasteiger partial charge in [-0.3, -0.25) is 14.5 Å². The van der Waals surface area contributed by atoms with Crippen molar-refractivity contribution >= 4 is 29.1 Å². The van der Waals surface area contributed by atoms with E-state index < -0.39 is 23.7 Å². The van der Waals surface area contributed by atoms with Crippen LogP contribution in [0.4, 0.5) is 5.69 Å². The molecule has 1 unspecified atom stereocenters. The van der Waals surface area contributed by atoms with Gasteiger partial charge in [-0.15, -0.1) is 0 Å². The molecule has 1 N–H and O–H groups in total. The summed E-state index contributed by atoms with van der Waals surface area (Å²) in [6.45, 7) is 3.97. The lowest BCUT2D eigenvalue weighted by atomic mass is 9.95. The minimum atomic E-state index is -1.04. The normalized spacial score (nSPS) is 17.2. The Morgan fingerprint density at radius 2 is 1.80 bits per heavy atom. The number of rotatable bonds is 6. The Labute approximate surface area is 202 Å². The van der Waals surface area contributed by atoms with Gasteiger partial charge in [0.25, 0.3) is 11.7 Å². The second kappa shape index (κ2) is 9.50. The fourth-order valence-corrected chi connectivity index (χ4v) is 4.20. The number of carbonyl (C=O) groups is 3. The van der Waals surface area contributed by atoms with Crippen molar-refractivity contribution in [2.45, 2.75) is 25.8 Å². The van der Waals surface area contributed by atoms with Gasteiger partial charge in [-0.2, -0.15) is 0 Å². The molecule has 3 aromatic rings. The molecule has 0 bridgehead atoms. The molecule has 1 atom stereocenters. The number of aliphatic hydroxyl groups is 1. The van der Waals surface area contributed by atoms with Crippen LogP contribution in [0.1, 0.15) is 53.1 Å². The average molecular weight is 475 g/mol. The van der Waals surface area contributed by atoms with Crippen LogP contribution in [0, 0.1) is 0 Å². The van der Waals surface area contributed by atoms with E-state index in [1.165, 1.54) is 24.3 Å². The molecule has 0 spiro atoms. The molecule has 0 aliphatic carbocycles. The molecular formula is C27H25NO7. The molecule has 180 valence electrons. The van der Waals surface area contributed by atoms with Crippen molar-refractivity contribution in [3.05, 3.63) is 88.9 Å². The van der Waals surface area contributed by atoms with Crippen LogP contribution in [-0.2, 0) is 14.3 Å². The molecule has 4 rings (SSSR count). The van der Waals surface area contributed by atoms with Gasteiger partial charge < -0.3 is 19.0 Å². The number of ether oxygens (including phenoxy) is 2. The van der Waals surface area contributed by atoms with Crippen molar-refractivity contribution in [1.82, 2.24) is 0 Å². The van der Waals surface area contributed by atoms with Crippen LogP contribution < -0.4 is 9.64 Å². The monoisotopic (exact) mass is 475 g/mol. The highest BCUT2D eigenvalue weighted by atomic mass is 16.5. The number of nitrogens with zero attached hydrogens (tertiary/aromatic N) is 1. The largest absolute Gasteiger partial charge is 0.507 e. The van der Waals surface area contributed by atoms with Gasteiger partial charge in [0.15, 0.2) is 0 Å². The van der Waals surface area contributed by atoms with Crippen molar-refractivity contribution in [1.29, 1.82) is 0 Å². The standard InChI is InChI=1S/C27H25NO7/c1-15(2)19-14-16(10-11-20(19)33-3)24(29)22-23(21-9-6-12-35-21)28(26(31)25(22)30)18-8-5-7-17(13-18)27(32)34-4/h5-15,23,29H,1-4H3/b24-22-. The summed E-state index contributed by atoms with van der Waals surface area (Å²) in [5.41, 5.74) is 1.58. The third-order valence-corrected chi connectivity index (χ3v) is 5.93. The van der Waals surface area contributed by atoms with Crippen LogP contribution >= 0.6 is 0 Å². The second-order valence-electron chi connectivity index (χ2n) is 8.34. The molecule has 1 fully saturated rings. The fraction of sp³-hybridized carbons (Fsp3) is 0.222. The average Bonchev–Trinajstić information content (AvgIpc) is 3.49. The fourth-order valence-electron chi connectivity index (χ4n) is 4.20. The van der Waals surface area contributed by atoms with Gasteiger partial charge in [0, 0.05) is 11.3 Å². The van der Waals surface area contributed by atoms with E-state index in [0.29, 0.717) is 11.3 Å². The van der Waals surface area contributed by atoms with E-state index in [4.69, 9.17) is 13.9 Å². The number of anilines is 1. The van der Waals surface area contributed by atoms with Crippen LogP contribution in [0.25, 0.3) is 5.76 Å². The predicted molar refractivity (Wildman–Crippen MR) is 128 cm³/mol. The van der Waals surface area contributed by atoms with E-state index in [1.54, 1.807) is 55.6 Å². The summed E-state index contributed by atoms with van der Waals surface area (Å²) in [4.78, 5) is 39.8. The lowest BCUT2D eigenvalue weighted by molar-refractivity contribution is -0.132. The number of Topliss-reactive ketones (excluding diaryl/α,β-unsaturated/α-hetero) is 1. The number of benzene rings is 2. The maximum Gasteiger partial charge on any atom is 0.337 e. The molecule has 8 heteroatoms. The molecule has 1 saturated heterocycles. The third-order valence-electron chi connectivity index (χ3n) is 5.93. The molecule has 1 aromatic heterocycles. The molecule has 2 heterocycles. The third kappa shape index (κ3) is 4.19. The van der Waals surface area contributed by atoms with Crippen molar-refractivity contribution in [2.24, 2.45) is 0 Å². The first-order valence-corrected chi connectivity index (χ1v) is 11.0. The summed E-state index contributed by atoms with van der Waals surface area (Å²) >= 11 is 0. The molecule has 0 radical (unpaired) electrons. The highest BCUT2D eigenvalue weighted by Crippen LogP contribution is 2.43. The lowest BCUT2D eigenvalue weighted by Crippen LogP contribution is -2.29. The first-order chi connectivity index (χ1) is 16.8. The molecule has 2 aromatic carbocycles. The van der Waals surface area contributed by atoms with E-state index in [1.807, 2.05) is 13.8 Å². The van der Waals surface area contributed by atoms with Crippen LogP contribution in [-0.4, -0.2) is 37.0 Å². The van der Waals surface area contributed by atoms with Gasteiger partial charge in [0.05, 0.1) is 31.6 Å². The highest BCUT2D eigenvalue weighted by Gasteiger charge is 2.48. The smallest absolute Gasteiger partial charge is 0.337 e. The summed E-state index contributed by atoms with van der Waals surface area (Å²) in [5.74, 6) is -1.62. The summed E-state index contributed by atoms with van der Waals surface area (Å²) in [5, 5.41) is 11.3. The number of amides is 1. The number of hydrogen-bond donors (Lipinski definition) is 1. The SMILES string of the molecule is COC(=O)c1cccc(N2C(=O)C(=O)/C(=C(\O)c3ccc(OC)c(C(C)C)c3)C2c2ccco2)c1. The second-order valence-corrected chi connectivity index (χ2v) is 8.34. The highest BCUT2D eigenvalue weighted by molar-refractivity contribution is 6.51. The Hall–Kier alpha value is -4.33.